The average Bonchev–Trinajstić information content (AvgIpc) is 2.80. The summed E-state index contributed by atoms with van der Waals surface area (Å²) in [5.74, 6) is 0.780. The van der Waals surface area contributed by atoms with Crippen LogP contribution in [0.15, 0.2) is 5.38 Å². The van der Waals surface area contributed by atoms with E-state index in [0.29, 0.717) is 6.04 Å². The molecule has 0 aliphatic carbocycles. The number of hydrogen-bond donors (Lipinski definition) is 1. The average molecular weight is 297 g/mol. The van der Waals surface area contributed by atoms with Crippen LogP contribution >= 0.6 is 11.3 Å². The molecule has 1 aromatic heterocycles. The maximum absolute atomic E-state index is 4.84. The van der Waals surface area contributed by atoms with Crippen molar-refractivity contribution >= 4 is 11.3 Å². The first kappa shape index (κ1) is 17.6. The predicted molar refractivity (Wildman–Crippen MR) is 90.7 cm³/mol. The van der Waals surface area contributed by atoms with Crippen molar-refractivity contribution in [3.8, 4) is 0 Å². The van der Waals surface area contributed by atoms with Gasteiger partial charge < -0.3 is 5.32 Å². The van der Waals surface area contributed by atoms with E-state index in [9.17, 15) is 0 Å². The largest absolute Gasteiger partial charge is 0.314 e. The molecule has 0 radical (unpaired) electrons. The number of hydrogen-bond acceptors (Lipinski definition) is 3. The SMILES string of the molecule is CCCNC(CCC(C)C)Cc1nc(C(C)(C)C)cs1. The molecule has 1 heterocycles. The van der Waals surface area contributed by atoms with E-state index >= 15 is 0 Å². The Balaban J connectivity index is 2.61. The van der Waals surface area contributed by atoms with Crippen molar-refractivity contribution in [2.45, 2.75) is 78.7 Å². The zero-order valence-corrected chi connectivity index (χ0v) is 14.9. The highest BCUT2D eigenvalue weighted by Gasteiger charge is 2.19. The van der Waals surface area contributed by atoms with E-state index in [1.54, 1.807) is 0 Å². The maximum atomic E-state index is 4.84. The van der Waals surface area contributed by atoms with E-state index in [1.807, 2.05) is 11.3 Å². The van der Waals surface area contributed by atoms with Gasteiger partial charge in [0.05, 0.1) is 10.7 Å². The lowest BCUT2D eigenvalue weighted by molar-refractivity contribution is 0.426. The normalized spacial score (nSPS) is 13.9. The van der Waals surface area contributed by atoms with Gasteiger partial charge in [0, 0.05) is 23.3 Å². The first-order valence-electron chi connectivity index (χ1n) is 8.01. The summed E-state index contributed by atoms with van der Waals surface area (Å²) in [4.78, 5) is 4.84. The van der Waals surface area contributed by atoms with Crippen LogP contribution in [0, 0.1) is 5.92 Å². The molecule has 3 heteroatoms. The molecule has 0 aliphatic rings. The van der Waals surface area contributed by atoms with Gasteiger partial charge in [-0.15, -0.1) is 11.3 Å². The Bertz CT molecular complexity index is 377. The number of aromatic nitrogens is 1. The van der Waals surface area contributed by atoms with Crippen molar-refractivity contribution in [3.05, 3.63) is 16.1 Å². The lowest BCUT2D eigenvalue weighted by Crippen LogP contribution is -2.32. The molecule has 0 spiro atoms. The minimum absolute atomic E-state index is 0.166. The first-order chi connectivity index (χ1) is 9.32. The monoisotopic (exact) mass is 296 g/mol. The molecular formula is C17H32N2S. The molecule has 20 heavy (non-hydrogen) atoms. The van der Waals surface area contributed by atoms with Crippen LogP contribution in [0.2, 0.25) is 0 Å². The van der Waals surface area contributed by atoms with E-state index in [-0.39, 0.29) is 5.41 Å². The molecular weight excluding hydrogens is 264 g/mol. The fourth-order valence-electron chi connectivity index (χ4n) is 2.12. The molecule has 0 aromatic carbocycles. The summed E-state index contributed by atoms with van der Waals surface area (Å²) < 4.78 is 0. The summed E-state index contributed by atoms with van der Waals surface area (Å²) in [6.45, 7) is 14.6. The minimum atomic E-state index is 0.166. The third-order valence-electron chi connectivity index (χ3n) is 3.52. The number of nitrogens with zero attached hydrogens (tertiary/aromatic N) is 1. The van der Waals surface area contributed by atoms with Crippen molar-refractivity contribution in [1.29, 1.82) is 0 Å². The Hall–Kier alpha value is -0.410. The van der Waals surface area contributed by atoms with Gasteiger partial charge in [0.2, 0.25) is 0 Å². The lowest BCUT2D eigenvalue weighted by Gasteiger charge is -2.19. The molecule has 0 bridgehead atoms. The van der Waals surface area contributed by atoms with Crippen molar-refractivity contribution in [3.63, 3.8) is 0 Å². The second kappa shape index (κ2) is 8.14. The third kappa shape index (κ3) is 6.36. The van der Waals surface area contributed by atoms with Crippen LogP contribution in [-0.2, 0) is 11.8 Å². The molecule has 1 rings (SSSR count). The molecule has 1 unspecified atom stereocenters. The fraction of sp³-hybridized carbons (Fsp3) is 0.824. The Morgan fingerprint density at radius 3 is 2.45 bits per heavy atom. The molecule has 1 atom stereocenters. The Morgan fingerprint density at radius 2 is 1.95 bits per heavy atom. The second-order valence-corrected chi connectivity index (χ2v) is 8.15. The summed E-state index contributed by atoms with van der Waals surface area (Å²) in [5.41, 5.74) is 1.40. The number of rotatable bonds is 8. The van der Waals surface area contributed by atoms with Gasteiger partial charge in [-0.1, -0.05) is 41.5 Å². The topological polar surface area (TPSA) is 24.9 Å². The van der Waals surface area contributed by atoms with Gasteiger partial charge >= 0.3 is 0 Å². The van der Waals surface area contributed by atoms with Crippen molar-refractivity contribution < 1.29 is 0 Å². The van der Waals surface area contributed by atoms with E-state index in [2.05, 4.69) is 52.2 Å². The highest BCUT2D eigenvalue weighted by Crippen LogP contribution is 2.25. The summed E-state index contributed by atoms with van der Waals surface area (Å²) in [5, 5.41) is 7.20. The van der Waals surface area contributed by atoms with Gasteiger partial charge in [-0.05, 0) is 31.7 Å². The van der Waals surface area contributed by atoms with Crippen LogP contribution < -0.4 is 5.32 Å². The Kier molecular flexibility index (Phi) is 7.18. The van der Waals surface area contributed by atoms with Crippen molar-refractivity contribution in [2.75, 3.05) is 6.54 Å². The minimum Gasteiger partial charge on any atom is -0.314 e. The van der Waals surface area contributed by atoms with E-state index in [0.717, 1.165) is 18.9 Å². The summed E-state index contributed by atoms with van der Waals surface area (Å²) in [6, 6.07) is 0.580. The van der Waals surface area contributed by atoms with Gasteiger partial charge in [0.1, 0.15) is 0 Å². The zero-order valence-electron chi connectivity index (χ0n) is 14.1. The van der Waals surface area contributed by atoms with Gasteiger partial charge in [-0.25, -0.2) is 4.98 Å². The Morgan fingerprint density at radius 1 is 1.25 bits per heavy atom. The van der Waals surface area contributed by atoms with Crippen molar-refractivity contribution in [2.24, 2.45) is 5.92 Å². The molecule has 116 valence electrons. The van der Waals surface area contributed by atoms with E-state index in [1.165, 1.54) is 30.0 Å². The second-order valence-electron chi connectivity index (χ2n) is 7.20. The molecule has 2 nitrogen and oxygen atoms in total. The highest BCUT2D eigenvalue weighted by atomic mass is 32.1. The molecule has 0 aliphatic heterocycles. The van der Waals surface area contributed by atoms with E-state index < -0.39 is 0 Å². The molecule has 1 N–H and O–H groups in total. The molecule has 0 saturated heterocycles. The van der Waals surface area contributed by atoms with Crippen LogP contribution in [0.4, 0.5) is 0 Å². The molecule has 1 aromatic rings. The van der Waals surface area contributed by atoms with Crippen LogP contribution in [0.5, 0.6) is 0 Å². The predicted octanol–water partition coefficient (Wildman–Crippen LogP) is 4.79. The number of nitrogens with one attached hydrogen (secondary N) is 1. The highest BCUT2D eigenvalue weighted by molar-refractivity contribution is 7.09. The summed E-state index contributed by atoms with van der Waals surface area (Å²) in [7, 11) is 0. The molecule has 0 saturated carbocycles. The fourth-order valence-corrected chi connectivity index (χ4v) is 3.22. The standard InChI is InChI=1S/C17H32N2S/c1-7-10-18-14(9-8-13(2)3)11-16-19-15(12-20-16)17(4,5)6/h12-14,18H,7-11H2,1-6H3. The lowest BCUT2D eigenvalue weighted by atomic mass is 9.93. The van der Waals surface area contributed by atoms with Crippen LogP contribution in [0.1, 0.15) is 71.5 Å². The summed E-state index contributed by atoms with van der Waals surface area (Å²) in [6.07, 6.45) is 4.82. The smallest absolute Gasteiger partial charge is 0.0944 e. The first-order valence-corrected chi connectivity index (χ1v) is 8.89. The van der Waals surface area contributed by atoms with Crippen molar-refractivity contribution in [1.82, 2.24) is 10.3 Å². The molecule has 0 fully saturated rings. The third-order valence-corrected chi connectivity index (χ3v) is 4.39. The van der Waals surface area contributed by atoms with Crippen LogP contribution in [-0.4, -0.2) is 17.6 Å². The van der Waals surface area contributed by atoms with Gasteiger partial charge in [0.25, 0.3) is 0 Å². The Labute approximate surface area is 129 Å². The van der Waals surface area contributed by atoms with Crippen LogP contribution in [0.25, 0.3) is 0 Å². The zero-order chi connectivity index (χ0) is 15.2. The summed E-state index contributed by atoms with van der Waals surface area (Å²) >= 11 is 1.82. The maximum Gasteiger partial charge on any atom is 0.0944 e. The van der Waals surface area contributed by atoms with Crippen LogP contribution in [0.3, 0.4) is 0 Å². The van der Waals surface area contributed by atoms with Gasteiger partial charge in [-0.3, -0.25) is 0 Å². The quantitative estimate of drug-likeness (QED) is 0.746. The molecule has 0 amide bonds. The number of thiazole rings is 1. The van der Waals surface area contributed by atoms with Gasteiger partial charge in [-0.2, -0.15) is 0 Å². The van der Waals surface area contributed by atoms with E-state index in [4.69, 9.17) is 4.98 Å². The van der Waals surface area contributed by atoms with Gasteiger partial charge in [0.15, 0.2) is 0 Å².